The van der Waals surface area contributed by atoms with Gasteiger partial charge in [0.1, 0.15) is 16.2 Å². The fourth-order valence-electron chi connectivity index (χ4n) is 2.61. The largest absolute Gasteiger partial charge is 0.453 e. The first-order chi connectivity index (χ1) is 12.1. The predicted octanol–water partition coefficient (Wildman–Crippen LogP) is 4.09. The Morgan fingerprint density at radius 1 is 1.20 bits per heavy atom. The van der Waals surface area contributed by atoms with E-state index in [1.807, 2.05) is 44.2 Å². The van der Waals surface area contributed by atoms with E-state index in [0.717, 1.165) is 21.7 Å². The molecule has 0 aliphatic heterocycles. The number of nitrogens with one attached hydrogen (secondary N) is 1. The van der Waals surface area contributed by atoms with Crippen molar-refractivity contribution in [1.82, 2.24) is 15.5 Å². The highest BCUT2D eigenvalue weighted by atomic mass is 32.1. The summed E-state index contributed by atoms with van der Waals surface area (Å²) in [5.41, 5.74) is 2.16. The summed E-state index contributed by atoms with van der Waals surface area (Å²) in [6.45, 7) is 3.98. The van der Waals surface area contributed by atoms with Gasteiger partial charge < -0.3 is 14.3 Å². The topological polar surface area (TPSA) is 81.2 Å². The van der Waals surface area contributed by atoms with Crippen LogP contribution in [0.1, 0.15) is 26.1 Å². The molecule has 0 spiro atoms. The van der Waals surface area contributed by atoms with Gasteiger partial charge >= 0.3 is 0 Å². The van der Waals surface area contributed by atoms with Crippen molar-refractivity contribution in [3.63, 3.8) is 0 Å². The summed E-state index contributed by atoms with van der Waals surface area (Å²) in [6.07, 6.45) is 0. The average molecular weight is 353 g/mol. The smallest absolute Gasteiger partial charge is 0.263 e. The second kappa shape index (κ2) is 6.18. The fourth-order valence-corrected chi connectivity index (χ4v) is 3.44. The molecule has 0 fully saturated rings. The zero-order valence-corrected chi connectivity index (χ0v) is 14.5. The lowest BCUT2D eigenvalue weighted by molar-refractivity contribution is 0.0953. The van der Waals surface area contributed by atoms with E-state index in [9.17, 15) is 4.79 Å². The molecule has 7 heteroatoms. The number of aromatic nitrogens is 2. The van der Waals surface area contributed by atoms with E-state index in [4.69, 9.17) is 8.94 Å². The van der Waals surface area contributed by atoms with E-state index in [2.05, 4.69) is 15.5 Å². The molecule has 126 valence electrons. The molecule has 0 radical (unpaired) electrons. The second-order valence-electron chi connectivity index (χ2n) is 5.66. The lowest BCUT2D eigenvalue weighted by Crippen LogP contribution is -2.22. The van der Waals surface area contributed by atoms with Gasteiger partial charge in [0.15, 0.2) is 5.76 Å². The molecule has 6 nitrogen and oxygen atoms in total. The second-order valence-corrected chi connectivity index (χ2v) is 6.86. The summed E-state index contributed by atoms with van der Waals surface area (Å²) >= 11 is 1.38. The van der Waals surface area contributed by atoms with Crippen molar-refractivity contribution in [3.05, 3.63) is 57.7 Å². The summed E-state index contributed by atoms with van der Waals surface area (Å²) in [7, 11) is 0. The highest BCUT2D eigenvalue weighted by molar-refractivity contribution is 7.13. The summed E-state index contributed by atoms with van der Waals surface area (Å²) < 4.78 is 11.1. The summed E-state index contributed by atoms with van der Waals surface area (Å²) in [5, 5.41) is 8.70. The Kier molecular flexibility index (Phi) is 3.85. The van der Waals surface area contributed by atoms with E-state index >= 15 is 0 Å². The molecular formula is C18H15N3O3S. The first kappa shape index (κ1) is 15.6. The van der Waals surface area contributed by atoms with Gasteiger partial charge in [-0.05, 0) is 26.0 Å². The quantitative estimate of drug-likeness (QED) is 0.597. The highest BCUT2D eigenvalue weighted by Gasteiger charge is 2.15. The van der Waals surface area contributed by atoms with Gasteiger partial charge in [-0.3, -0.25) is 4.79 Å². The Hall–Kier alpha value is -2.93. The minimum Gasteiger partial charge on any atom is -0.453 e. The number of hydrogen-bond donors (Lipinski definition) is 1. The molecule has 1 amide bonds. The van der Waals surface area contributed by atoms with Crippen molar-refractivity contribution in [2.24, 2.45) is 0 Å². The van der Waals surface area contributed by atoms with Gasteiger partial charge in [0.05, 0.1) is 17.2 Å². The number of aryl methyl sites for hydroxylation is 2. The number of benzene rings is 1. The van der Waals surface area contributed by atoms with E-state index in [1.165, 1.54) is 11.3 Å². The van der Waals surface area contributed by atoms with Crippen LogP contribution in [0.5, 0.6) is 0 Å². The molecule has 4 rings (SSSR count). The minimum absolute atomic E-state index is 0.156. The number of para-hydroxylation sites is 1. The number of thiazole rings is 1. The van der Waals surface area contributed by atoms with Crippen LogP contribution in [0.25, 0.3) is 22.5 Å². The molecule has 0 unspecified atom stereocenters. The first-order valence-electron chi connectivity index (χ1n) is 7.77. The minimum atomic E-state index is -0.156. The van der Waals surface area contributed by atoms with E-state index in [0.29, 0.717) is 22.1 Å². The number of carbonyl (C=O) groups excluding carboxylic acids is 1. The summed E-state index contributed by atoms with van der Waals surface area (Å²) in [6, 6.07) is 11.4. The fraction of sp³-hybridized carbons (Fsp3) is 0.167. The molecule has 0 saturated carbocycles. The maximum absolute atomic E-state index is 12.2. The zero-order valence-electron chi connectivity index (χ0n) is 13.7. The van der Waals surface area contributed by atoms with Gasteiger partial charge in [0, 0.05) is 11.5 Å². The molecule has 1 N–H and O–H groups in total. The molecule has 0 saturated heterocycles. The number of rotatable bonds is 4. The van der Waals surface area contributed by atoms with Crippen molar-refractivity contribution in [1.29, 1.82) is 0 Å². The van der Waals surface area contributed by atoms with Crippen LogP contribution in [-0.4, -0.2) is 16.0 Å². The number of fused-ring (bicyclic) bond motifs is 1. The normalized spacial score (nSPS) is 11.1. The van der Waals surface area contributed by atoms with Crippen LogP contribution in [0.15, 0.2) is 45.3 Å². The Morgan fingerprint density at radius 3 is 2.80 bits per heavy atom. The maximum Gasteiger partial charge on any atom is 0.263 e. The Morgan fingerprint density at radius 2 is 2.04 bits per heavy atom. The van der Waals surface area contributed by atoms with Crippen molar-refractivity contribution in [3.8, 4) is 11.5 Å². The number of nitrogens with zero attached hydrogens (tertiary/aromatic N) is 2. The molecule has 0 aliphatic rings. The molecule has 0 atom stereocenters. The van der Waals surface area contributed by atoms with E-state index in [1.54, 1.807) is 6.07 Å². The van der Waals surface area contributed by atoms with Gasteiger partial charge in [-0.2, -0.15) is 0 Å². The standard InChI is InChI=1S/C18H15N3O3S/c1-10-17(25-11(2)20-10)18(22)19-9-13-8-16(24-21-13)15-7-12-5-3-4-6-14(12)23-15/h3-8H,9H2,1-2H3,(H,19,22). The summed E-state index contributed by atoms with van der Waals surface area (Å²) in [5.74, 6) is 0.988. The summed E-state index contributed by atoms with van der Waals surface area (Å²) in [4.78, 5) is 17.1. The van der Waals surface area contributed by atoms with Gasteiger partial charge in [-0.15, -0.1) is 11.3 Å². The third-order valence-corrected chi connectivity index (χ3v) is 4.84. The lowest BCUT2D eigenvalue weighted by atomic mass is 10.2. The third-order valence-electron chi connectivity index (χ3n) is 3.77. The van der Waals surface area contributed by atoms with Crippen LogP contribution in [0.4, 0.5) is 0 Å². The number of carbonyl (C=O) groups is 1. The molecule has 3 heterocycles. The van der Waals surface area contributed by atoms with Gasteiger partial charge in [-0.25, -0.2) is 4.98 Å². The van der Waals surface area contributed by atoms with Crippen LogP contribution in [0.2, 0.25) is 0 Å². The van der Waals surface area contributed by atoms with Gasteiger partial charge in [-0.1, -0.05) is 23.4 Å². The zero-order chi connectivity index (χ0) is 17.4. The molecule has 25 heavy (non-hydrogen) atoms. The SMILES string of the molecule is Cc1nc(C)c(C(=O)NCc2cc(-c3cc4ccccc4o3)on2)s1. The Labute approximate surface area is 147 Å². The van der Waals surface area contributed by atoms with Crippen LogP contribution < -0.4 is 5.32 Å². The van der Waals surface area contributed by atoms with E-state index < -0.39 is 0 Å². The van der Waals surface area contributed by atoms with Crippen LogP contribution >= 0.6 is 11.3 Å². The third kappa shape index (κ3) is 3.06. The first-order valence-corrected chi connectivity index (χ1v) is 8.58. The molecule has 4 aromatic rings. The molecule has 0 aliphatic carbocycles. The van der Waals surface area contributed by atoms with Gasteiger partial charge in [0.25, 0.3) is 5.91 Å². The van der Waals surface area contributed by atoms with Crippen molar-refractivity contribution >= 4 is 28.2 Å². The Bertz CT molecular complexity index is 1030. The van der Waals surface area contributed by atoms with Crippen molar-refractivity contribution in [2.45, 2.75) is 20.4 Å². The molecular weight excluding hydrogens is 338 g/mol. The number of amides is 1. The predicted molar refractivity (Wildman–Crippen MR) is 94.5 cm³/mol. The highest BCUT2D eigenvalue weighted by Crippen LogP contribution is 2.28. The lowest BCUT2D eigenvalue weighted by Gasteiger charge is -2.00. The molecule has 3 aromatic heterocycles. The maximum atomic E-state index is 12.2. The van der Waals surface area contributed by atoms with Crippen molar-refractivity contribution < 1.29 is 13.7 Å². The number of hydrogen-bond acceptors (Lipinski definition) is 6. The van der Waals surface area contributed by atoms with Crippen LogP contribution in [-0.2, 0) is 6.54 Å². The Balaban J connectivity index is 1.48. The number of furan rings is 1. The molecule has 1 aromatic carbocycles. The molecule has 0 bridgehead atoms. The van der Waals surface area contributed by atoms with E-state index in [-0.39, 0.29) is 12.5 Å². The van der Waals surface area contributed by atoms with Crippen LogP contribution in [0.3, 0.4) is 0 Å². The van der Waals surface area contributed by atoms with Crippen molar-refractivity contribution in [2.75, 3.05) is 0 Å². The van der Waals surface area contributed by atoms with Crippen LogP contribution in [0, 0.1) is 13.8 Å². The average Bonchev–Trinajstić information content (AvgIpc) is 3.29. The monoisotopic (exact) mass is 353 g/mol. The van der Waals surface area contributed by atoms with Gasteiger partial charge in [0.2, 0.25) is 5.76 Å².